The quantitative estimate of drug-likeness (QED) is 0.783. The molecule has 1 N–H and O–H groups in total. The van der Waals surface area contributed by atoms with Crippen LogP contribution in [0.4, 0.5) is 4.39 Å². The second-order valence-corrected chi connectivity index (χ2v) is 4.94. The molecule has 6 heteroatoms. The van der Waals surface area contributed by atoms with Gasteiger partial charge in [0.15, 0.2) is 5.15 Å². The summed E-state index contributed by atoms with van der Waals surface area (Å²) in [6.07, 6.45) is 0. The summed E-state index contributed by atoms with van der Waals surface area (Å²) in [5.74, 6) is -0.998. The molecule has 2 aromatic heterocycles. The molecule has 0 fully saturated rings. The third kappa shape index (κ3) is 2.15. The van der Waals surface area contributed by atoms with Crippen molar-refractivity contribution in [2.75, 3.05) is 0 Å². The zero-order chi connectivity index (χ0) is 15.1. The highest BCUT2D eigenvalue weighted by Crippen LogP contribution is 2.30. The largest absolute Gasteiger partial charge is 0.478 e. The summed E-state index contributed by atoms with van der Waals surface area (Å²) in [5.41, 5.74) is 1.45. The number of imidazole rings is 1. The average Bonchev–Trinajstić information content (AvgIpc) is 2.73. The molecule has 0 spiro atoms. The second-order valence-electron chi connectivity index (χ2n) is 4.58. The number of carboxylic acids is 1. The van der Waals surface area contributed by atoms with E-state index in [2.05, 4.69) is 4.98 Å². The van der Waals surface area contributed by atoms with Crippen molar-refractivity contribution in [1.82, 2.24) is 9.38 Å². The molecule has 0 aliphatic rings. The van der Waals surface area contributed by atoms with Gasteiger partial charge in [-0.2, -0.15) is 0 Å². The molecule has 0 saturated heterocycles. The van der Waals surface area contributed by atoms with Crippen LogP contribution in [0.15, 0.2) is 36.4 Å². The SMILES string of the molecule is Cc1nc(Cl)c2ccc(C(=O)O)c(-c3cccc(F)c3)n12. The Hall–Kier alpha value is -2.40. The van der Waals surface area contributed by atoms with Gasteiger partial charge in [0, 0.05) is 5.56 Å². The van der Waals surface area contributed by atoms with Crippen LogP contribution in [-0.4, -0.2) is 20.5 Å². The molecule has 0 saturated carbocycles. The number of hydrogen-bond acceptors (Lipinski definition) is 2. The maximum absolute atomic E-state index is 13.5. The van der Waals surface area contributed by atoms with Gasteiger partial charge in [0.05, 0.1) is 16.8 Å². The van der Waals surface area contributed by atoms with Crippen molar-refractivity contribution >= 4 is 23.1 Å². The molecule has 4 nitrogen and oxygen atoms in total. The fourth-order valence-electron chi connectivity index (χ4n) is 2.40. The molecule has 0 atom stereocenters. The number of aryl methyl sites for hydroxylation is 1. The van der Waals surface area contributed by atoms with E-state index in [-0.39, 0.29) is 10.7 Å². The molecule has 3 aromatic rings. The lowest BCUT2D eigenvalue weighted by molar-refractivity contribution is 0.0697. The van der Waals surface area contributed by atoms with Gasteiger partial charge < -0.3 is 5.11 Å². The van der Waals surface area contributed by atoms with Crippen LogP contribution in [0.2, 0.25) is 5.15 Å². The maximum atomic E-state index is 13.5. The Labute approximate surface area is 124 Å². The molecule has 2 heterocycles. The standard InChI is InChI=1S/C15H10ClFN2O2/c1-8-18-14(16)12-6-5-11(15(20)21)13(19(8)12)9-3-2-4-10(17)7-9/h2-7H,1H3,(H,20,21). The number of halogens is 2. The van der Waals surface area contributed by atoms with Crippen molar-refractivity contribution in [2.45, 2.75) is 6.92 Å². The lowest BCUT2D eigenvalue weighted by atomic mass is 10.0. The molecule has 1 aromatic carbocycles. The molecule has 21 heavy (non-hydrogen) atoms. The minimum Gasteiger partial charge on any atom is -0.478 e. The van der Waals surface area contributed by atoms with E-state index in [0.717, 1.165) is 0 Å². The molecule has 3 rings (SSSR count). The third-order valence-corrected chi connectivity index (χ3v) is 3.53. The molecule has 106 valence electrons. The van der Waals surface area contributed by atoms with Crippen LogP contribution in [0.25, 0.3) is 16.8 Å². The van der Waals surface area contributed by atoms with Crippen molar-refractivity contribution in [2.24, 2.45) is 0 Å². The van der Waals surface area contributed by atoms with Gasteiger partial charge in [-0.15, -0.1) is 0 Å². The Bertz CT molecular complexity index is 873. The fourth-order valence-corrected chi connectivity index (χ4v) is 2.67. The zero-order valence-corrected chi connectivity index (χ0v) is 11.7. The van der Waals surface area contributed by atoms with E-state index in [1.807, 2.05) is 0 Å². The predicted octanol–water partition coefficient (Wildman–Crippen LogP) is 3.80. The van der Waals surface area contributed by atoms with Gasteiger partial charge in [-0.3, -0.25) is 4.40 Å². The number of rotatable bonds is 2. The van der Waals surface area contributed by atoms with Crippen molar-refractivity contribution in [3.05, 3.63) is 58.8 Å². The second kappa shape index (κ2) is 4.86. The Morgan fingerprint density at radius 2 is 2.10 bits per heavy atom. The van der Waals surface area contributed by atoms with Gasteiger partial charge >= 0.3 is 5.97 Å². The number of benzene rings is 1. The highest BCUT2D eigenvalue weighted by atomic mass is 35.5. The van der Waals surface area contributed by atoms with Crippen molar-refractivity contribution < 1.29 is 14.3 Å². The van der Waals surface area contributed by atoms with E-state index in [1.165, 1.54) is 24.3 Å². The molecular weight excluding hydrogens is 295 g/mol. The van der Waals surface area contributed by atoms with Crippen LogP contribution < -0.4 is 0 Å². The first-order valence-electron chi connectivity index (χ1n) is 6.16. The third-order valence-electron chi connectivity index (χ3n) is 3.25. The van der Waals surface area contributed by atoms with Crippen LogP contribution in [-0.2, 0) is 0 Å². The summed E-state index contributed by atoms with van der Waals surface area (Å²) in [6.45, 7) is 1.72. The highest BCUT2D eigenvalue weighted by Gasteiger charge is 2.19. The number of carbonyl (C=O) groups is 1. The zero-order valence-electron chi connectivity index (χ0n) is 11.0. The van der Waals surface area contributed by atoms with Crippen LogP contribution in [0.3, 0.4) is 0 Å². The normalized spacial score (nSPS) is 11.0. The Balaban J connectivity index is 2.47. The van der Waals surface area contributed by atoms with Gasteiger partial charge in [0.2, 0.25) is 0 Å². The number of aromatic carboxylic acids is 1. The smallest absolute Gasteiger partial charge is 0.337 e. The Kier molecular flexibility index (Phi) is 3.14. The van der Waals surface area contributed by atoms with E-state index in [4.69, 9.17) is 11.6 Å². The summed E-state index contributed by atoms with van der Waals surface area (Å²) in [4.78, 5) is 15.6. The monoisotopic (exact) mass is 304 g/mol. The predicted molar refractivity (Wildman–Crippen MR) is 77.3 cm³/mol. The first-order valence-corrected chi connectivity index (χ1v) is 6.53. The van der Waals surface area contributed by atoms with Gasteiger partial charge in [-0.1, -0.05) is 23.7 Å². The average molecular weight is 305 g/mol. The topological polar surface area (TPSA) is 54.6 Å². The molecular formula is C15H10ClFN2O2. The van der Waals surface area contributed by atoms with Crippen LogP contribution in [0.5, 0.6) is 0 Å². The lowest BCUT2D eigenvalue weighted by Gasteiger charge is -2.11. The van der Waals surface area contributed by atoms with Crippen molar-refractivity contribution in [1.29, 1.82) is 0 Å². The number of pyridine rings is 1. The van der Waals surface area contributed by atoms with Gasteiger partial charge in [0.1, 0.15) is 11.6 Å². The number of hydrogen-bond donors (Lipinski definition) is 1. The maximum Gasteiger partial charge on any atom is 0.337 e. The summed E-state index contributed by atoms with van der Waals surface area (Å²) < 4.78 is 15.1. The van der Waals surface area contributed by atoms with Crippen molar-refractivity contribution in [3.63, 3.8) is 0 Å². The van der Waals surface area contributed by atoms with E-state index < -0.39 is 11.8 Å². The highest BCUT2D eigenvalue weighted by molar-refractivity contribution is 6.32. The van der Waals surface area contributed by atoms with Crippen molar-refractivity contribution in [3.8, 4) is 11.3 Å². The summed E-state index contributed by atoms with van der Waals surface area (Å²) in [6, 6.07) is 8.81. The first kappa shape index (κ1) is 13.6. The van der Waals surface area contributed by atoms with Crippen LogP contribution in [0, 0.1) is 12.7 Å². The van der Waals surface area contributed by atoms with E-state index in [9.17, 15) is 14.3 Å². The molecule has 0 aliphatic heterocycles. The minimum atomic E-state index is -1.10. The van der Waals surface area contributed by atoms with E-state index in [0.29, 0.717) is 22.6 Å². The Morgan fingerprint density at radius 1 is 1.33 bits per heavy atom. The first-order chi connectivity index (χ1) is 9.99. The van der Waals surface area contributed by atoms with E-state index >= 15 is 0 Å². The van der Waals surface area contributed by atoms with Gasteiger partial charge in [0.25, 0.3) is 0 Å². The van der Waals surface area contributed by atoms with Gasteiger partial charge in [-0.25, -0.2) is 14.2 Å². The number of carboxylic acid groups (broad SMARTS) is 1. The summed E-state index contributed by atoms with van der Waals surface area (Å²) in [5, 5.41) is 9.67. The number of aromatic nitrogens is 2. The fraction of sp³-hybridized carbons (Fsp3) is 0.0667. The van der Waals surface area contributed by atoms with Crippen LogP contribution in [0.1, 0.15) is 16.2 Å². The summed E-state index contributed by atoms with van der Waals surface area (Å²) >= 11 is 6.05. The van der Waals surface area contributed by atoms with Crippen LogP contribution >= 0.6 is 11.6 Å². The molecule has 0 bridgehead atoms. The summed E-state index contributed by atoms with van der Waals surface area (Å²) in [7, 11) is 0. The minimum absolute atomic E-state index is 0.0604. The molecule has 0 amide bonds. The molecule has 0 unspecified atom stereocenters. The Morgan fingerprint density at radius 3 is 2.76 bits per heavy atom. The number of fused-ring (bicyclic) bond motifs is 1. The lowest BCUT2D eigenvalue weighted by Crippen LogP contribution is -2.05. The van der Waals surface area contributed by atoms with Gasteiger partial charge in [-0.05, 0) is 31.2 Å². The molecule has 0 radical (unpaired) electrons. The molecule has 0 aliphatic carbocycles. The van der Waals surface area contributed by atoms with E-state index in [1.54, 1.807) is 23.5 Å². The number of nitrogens with zero attached hydrogens (tertiary/aromatic N) is 2.